The van der Waals surface area contributed by atoms with Crippen molar-refractivity contribution in [3.05, 3.63) is 64.8 Å². The van der Waals surface area contributed by atoms with Crippen molar-refractivity contribution in [1.82, 2.24) is 9.88 Å². The van der Waals surface area contributed by atoms with Crippen LogP contribution in [0.2, 0.25) is 0 Å². The summed E-state index contributed by atoms with van der Waals surface area (Å²) in [5.41, 5.74) is 4.54. The molecule has 1 amide bonds. The van der Waals surface area contributed by atoms with Gasteiger partial charge < -0.3 is 14.6 Å². The van der Waals surface area contributed by atoms with E-state index >= 15 is 0 Å². The fraction of sp³-hybridized carbons (Fsp3) is 0.304. The first-order valence-electron chi connectivity index (χ1n) is 9.61. The minimum atomic E-state index is 0.0590. The summed E-state index contributed by atoms with van der Waals surface area (Å²) in [6.45, 7) is 5.44. The third-order valence-corrected chi connectivity index (χ3v) is 5.57. The number of rotatable bonds is 3. The lowest BCUT2D eigenvalue weighted by atomic mass is 10.0. The number of likely N-dealkylation sites (tertiary alicyclic amines) is 1. The molecule has 28 heavy (non-hydrogen) atoms. The molecular weight excluding hydrogens is 350 g/mol. The zero-order chi connectivity index (χ0) is 19.7. The lowest BCUT2D eigenvalue weighted by Crippen LogP contribution is -2.41. The number of ether oxygens (including phenoxy) is 1. The van der Waals surface area contributed by atoms with E-state index in [2.05, 4.69) is 24.0 Å². The summed E-state index contributed by atoms with van der Waals surface area (Å²) in [6, 6.07) is 15.3. The molecule has 3 aromatic rings. The number of para-hydroxylation sites is 1. The molecule has 142 valence electrons. The fourth-order valence-corrected chi connectivity index (χ4v) is 3.84. The molecular formula is C23H23N3O2. The first kappa shape index (κ1) is 18.1. The minimum absolute atomic E-state index is 0.0590. The molecule has 5 heteroatoms. The van der Waals surface area contributed by atoms with Gasteiger partial charge in [0, 0.05) is 37.0 Å². The fourth-order valence-electron chi connectivity index (χ4n) is 3.84. The number of H-pyrrole nitrogens is 1. The summed E-state index contributed by atoms with van der Waals surface area (Å²) in [7, 11) is 0. The second-order valence-electron chi connectivity index (χ2n) is 7.35. The van der Waals surface area contributed by atoms with Crippen LogP contribution in [0.4, 0.5) is 0 Å². The smallest absolute Gasteiger partial charge is 0.255 e. The zero-order valence-corrected chi connectivity index (χ0v) is 16.2. The summed E-state index contributed by atoms with van der Waals surface area (Å²) in [6.07, 6.45) is 1.62. The highest BCUT2D eigenvalue weighted by atomic mass is 16.5. The van der Waals surface area contributed by atoms with Gasteiger partial charge in [-0.25, -0.2) is 0 Å². The third kappa shape index (κ3) is 3.34. The largest absolute Gasteiger partial charge is 0.490 e. The number of piperidine rings is 1. The highest BCUT2D eigenvalue weighted by Crippen LogP contribution is 2.26. The lowest BCUT2D eigenvalue weighted by Gasteiger charge is -2.32. The van der Waals surface area contributed by atoms with Crippen molar-refractivity contribution in [2.24, 2.45) is 0 Å². The van der Waals surface area contributed by atoms with Crippen molar-refractivity contribution in [3.63, 3.8) is 0 Å². The van der Waals surface area contributed by atoms with E-state index in [4.69, 9.17) is 10.00 Å². The van der Waals surface area contributed by atoms with Crippen molar-refractivity contribution in [3.8, 4) is 11.8 Å². The number of aromatic nitrogens is 1. The normalized spacial score (nSPS) is 14.8. The molecule has 4 rings (SSSR count). The van der Waals surface area contributed by atoms with Crippen LogP contribution in [0.3, 0.4) is 0 Å². The quantitative estimate of drug-likeness (QED) is 0.742. The average molecular weight is 373 g/mol. The number of nitriles is 1. The van der Waals surface area contributed by atoms with E-state index in [1.165, 1.54) is 5.56 Å². The van der Waals surface area contributed by atoms with Crippen molar-refractivity contribution in [2.75, 3.05) is 13.1 Å². The maximum Gasteiger partial charge on any atom is 0.255 e. The average Bonchev–Trinajstić information content (AvgIpc) is 3.02. The van der Waals surface area contributed by atoms with Crippen LogP contribution in [0.1, 0.15) is 40.0 Å². The van der Waals surface area contributed by atoms with Gasteiger partial charge in [0.25, 0.3) is 5.91 Å². The van der Waals surface area contributed by atoms with Crippen LogP contribution in [-0.4, -0.2) is 35.0 Å². The number of carbonyl (C=O) groups is 1. The van der Waals surface area contributed by atoms with E-state index in [-0.39, 0.29) is 12.0 Å². The summed E-state index contributed by atoms with van der Waals surface area (Å²) >= 11 is 0. The van der Waals surface area contributed by atoms with Gasteiger partial charge in [-0.2, -0.15) is 5.26 Å². The number of nitrogens with one attached hydrogen (secondary N) is 1. The Morgan fingerprint density at radius 3 is 2.68 bits per heavy atom. The third-order valence-electron chi connectivity index (χ3n) is 5.57. The van der Waals surface area contributed by atoms with E-state index in [1.807, 2.05) is 36.1 Å². The Bertz CT molecular complexity index is 1070. The molecule has 5 nitrogen and oxygen atoms in total. The van der Waals surface area contributed by atoms with Gasteiger partial charge in [0.05, 0.1) is 22.7 Å². The molecule has 0 unspecified atom stereocenters. The highest BCUT2D eigenvalue weighted by Gasteiger charge is 2.26. The maximum absolute atomic E-state index is 13.1. The molecule has 0 atom stereocenters. The molecule has 0 bridgehead atoms. The van der Waals surface area contributed by atoms with Gasteiger partial charge in [-0.3, -0.25) is 4.79 Å². The number of fused-ring (bicyclic) bond motifs is 1. The van der Waals surface area contributed by atoms with E-state index in [9.17, 15) is 4.79 Å². The maximum atomic E-state index is 13.1. The van der Waals surface area contributed by atoms with Crippen LogP contribution in [0, 0.1) is 25.2 Å². The predicted molar refractivity (Wildman–Crippen MR) is 108 cm³/mol. The number of carbonyl (C=O) groups excluding carboxylic acids is 1. The monoisotopic (exact) mass is 373 g/mol. The Morgan fingerprint density at radius 1 is 1.18 bits per heavy atom. The standard InChI is InChI=1S/C23H23N3O2/c1-15-16(2)25-22-20(15)7-4-8-21(22)23(27)26-11-9-18(10-12-26)28-19-6-3-5-17(13-19)14-24/h3-8,13,18,25H,9-12H2,1-2H3. The molecule has 0 aliphatic carbocycles. The molecule has 1 saturated heterocycles. The Kier molecular flexibility index (Phi) is 4.79. The zero-order valence-electron chi connectivity index (χ0n) is 16.2. The Balaban J connectivity index is 1.45. The van der Waals surface area contributed by atoms with Crippen LogP contribution < -0.4 is 4.74 Å². The summed E-state index contributed by atoms with van der Waals surface area (Å²) in [5, 5.41) is 10.1. The van der Waals surface area contributed by atoms with E-state index in [1.54, 1.807) is 12.1 Å². The summed E-state index contributed by atoms with van der Waals surface area (Å²) in [4.78, 5) is 18.4. The molecule has 2 heterocycles. The number of nitrogens with zero attached hydrogens (tertiary/aromatic N) is 2. The lowest BCUT2D eigenvalue weighted by molar-refractivity contribution is 0.0597. The second-order valence-corrected chi connectivity index (χ2v) is 7.35. The van der Waals surface area contributed by atoms with Crippen LogP contribution in [0.5, 0.6) is 5.75 Å². The SMILES string of the molecule is Cc1[nH]c2c(C(=O)N3CCC(Oc4cccc(C#N)c4)CC3)cccc2c1C. The first-order valence-corrected chi connectivity index (χ1v) is 9.61. The molecule has 1 N–H and O–H groups in total. The van der Waals surface area contributed by atoms with Gasteiger partial charge in [0.1, 0.15) is 11.9 Å². The molecule has 0 radical (unpaired) electrons. The molecule has 0 spiro atoms. The van der Waals surface area contributed by atoms with Gasteiger partial charge in [0.15, 0.2) is 0 Å². The molecule has 1 aliphatic rings. The van der Waals surface area contributed by atoms with Gasteiger partial charge in [-0.1, -0.05) is 18.2 Å². The second kappa shape index (κ2) is 7.40. The van der Waals surface area contributed by atoms with Crippen LogP contribution >= 0.6 is 0 Å². The minimum Gasteiger partial charge on any atom is -0.490 e. The van der Waals surface area contributed by atoms with Gasteiger partial charge in [-0.05, 0) is 43.7 Å². The first-order chi connectivity index (χ1) is 13.6. The number of hydrogen-bond donors (Lipinski definition) is 1. The molecule has 1 aromatic heterocycles. The van der Waals surface area contributed by atoms with Crippen molar-refractivity contribution in [2.45, 2.75) is 32.8 Å². The number of aromatic amines is 1. The van der Waals surface area contributed by atoms with Crippen molar-refractivity contribution in [1.29, 1.82) is 5.26 Å². The predicted octanol–water partition coefficient (Wildman–Crippen LogP) is 4.34. The number of aryl methyl sites for hydroxylation is 2. The molecule has 1 aliphatic heterocycles. The summed E-state index contributed by atoms with van der Waals surface area (Å²) < 4.78 is 6.03. The van der Waals surface area contributed by atoms with Gasteiger partial charge in [-0.15, -0.1) is 0 Å². The molecule has 2 aromatic carbocycles. The Morgan fingerprint density at radius 2 is 1.93 bits per heavy atom. The Labute approximate surface area is 164 Å². The van der Waals surface area contributed by atoms with E-state index in [0.29, 0.717) is 24.4 Å². The Hall–Kier alpha value is -3.26. The molecule has 1 fully saturated rings. The van der Waals surface area contributed by atoms with Crippen molar-refractivity contribution >= 4 is 16.8 Å². The molecule has 0 saturated carbocycles. The topological polar surface area (TPSA) is 69.1 Å². The van der Waals surface area contributed by atoms with E-state index < -0.39 is 0 Å². The van der Waals surface area contributed by atoms with Crippen LogP contribution in [0.15, 0.2) is 42.5 Å². The van der Waals surface area contributed by atoms with Crippen LogP contribution in [0.25, 0.3) is 10.9 Å². The van der Waals surface area contributed by atoms with Gasteiger partial charge in [0.2, 0.25) is 0 Å². The number of amides is 1. The summed E-state index contributed by atoms with van der Waals surface area (Å²) in [5.74, 6) is 0.780. The highest BCUT2D eigenvalue weighted by molar-refractivity contribution is 6.06. The van der Waals surface area contributed by atoms with Gasteiger partial charge >= 0.3 is 0 Å². The van der Waals surface area contributed by atoms with E-state index in [0.717, 1.165) is 35.0 Å². The number of benzene rings is 2. The van der Waals surface area contributed by atoms with Crippen LogP contribution in [-0.2, 0) is 0 Å². The number of hydrogen-bond acceptors (Lipinski definition) is 3. The van der Waals surface area contributed by atoms with Crippen molar-refractivity contribution < 1.29 is 9.53 Å².